The first-order chi connectivity index (χ1) is 16.4. The number of rotatable bonds is 6. The molecule has 0 unspecified atom stereocenters. The molecule has 0 spiro atoms. The molecule has 0 radical (unpaired) electrons. The van der Waals surface area contributed by atoms with Crippen LogP contribution in [-0.2, 0) is 6.42 Å². The van der Waals surface area contributed by atoms with E-state index in [1.165, 1.54) is 7.11 Å². The number of amides is 2. The highest BCUT2D eigenvalue weighted by atomic mass is 16.5. The number of carbonyl (C=O) groups is 2. The zero-order valence-corrected chi connectivity index (χ0v) is 19.7. The van der Waals surface area contributed by atoms with Crippen LogP contribution in [0.5, 0.6) is 11.5 Å². The van der Waals surface area contributed by atoms with Crippen LogP contribution in [0.15, 0.2) is 52.0 Å². The van der Waals surface area contributed by atoms with Crippen LogP contribution in [-0.4, -0.2) is 31.7 Å². The minimum atomic E-state index is -0.372. The highest BCUT2D eigenvalue weighted by molar-refractivity contribution is 6.10. The van der Waals surface area contributed by atoms with Gasteiger partial charge < -0.3 is 19.2 Å². The molecule has 4 rings (SSSR count). The fourth-order valence-electron chi connectivity index (χ4n) is 4.11. The van der Waals surface area contributed by atoms with Gasteiger partial charge in [0.1, 0.15) is 17.3 Å². The Balaban J connectivity index is 1.59. The third-order valence-electron chi connectivity index (χ3n) is 5.78. The van der Waals surface area contributed by atoms with Crippen LogP contribution in [0.3, 0.4) is 0 Å². The van der Waals surface area contributed by atoms with Crippen molar-refractivity contribution >= 4 is 23.2 Å². The minimum absolute atomic E-state index is 0.221. The van der Waals surface area contributed by atoms with Crippen LogP contribution in [0.2, 0.25) is 0 Å². The van der Waals surface area contributed by atoms with Crippen molar-refractivity contribution in [2.75, 3.05) is 19.5 Å². The molecule has 0 fully saturated rings. The van der Waals surface area contributed by atoms with Gasteiger partial charge in [-0.15, -0.1) is 0 Å². The predicted molar refractivity (Wildman–Crippen MR) is 129 cm³/mol. The van der Waals surface area contributed by atoms with E-state index < -0.39 is 0 Å². The summed E-state index contributed by atoms with van der Waals surface area (Å²) in [5.41, 5.74) is 6.71. The molecule has 2 aromatic carbocycles. The van der Waals surface area contributed by atoms with Gasteiger partial charge in [0.15, 0.2) is 5.76 Å². The maximum atomic E-state index is 13.1. The first kappa shape index (κ1) is 23.1. The summed E-state index contributed by atoms with van der Waals surface area (Å²) in [5.74, 6) is 1.20. The van der Waals surface area contributed by atoms with Gasteiger partial charge >= 0.3 is 0 Å². The second-order valence-electron chi connectivity index (χ2n) is 8.07. The molecule has 0 atom stereocenters. The predicted octanol–water partition coefficient (Wildman–Crippen LogP) is 4.64. The Morgan fingerprint density at radius 1 is 0.971 bits per heavy atom. The van der Waals surface area contributed by atoms with Crippen molar-refractivity contribution in [2.45, 2.75) is 33.1 Å². The normalized spacial score (nSPS) is 13.8. The summed E-state index contributed by atoms with van der Waals surface area (Å²) in [7, 11) is 3.07. The van der Waals surface area contributed by atoms with Gasteiger partial charge in [-0.25, -0.2) is 5.43 Å². The lowest BCUT2D eigenvalue weighted by molar-refractivity contribution is 0.0950. The Kier molecular flexibility index (Phi) is 6.67. The molecule has 34 heavy (non-hydrogen) atoms. The van der Waals surface area contributed by atoms with Gasteiger partial charge in [0.2, 0.25) is 0 Å². The molecule has 1 aliphatic carbocycles. The Hall–Kier alpha value is -4.07. The monoisotopic (exact) mass is 461 g/mol. The zero-order valence-electron chi connectivity index (χ0n) is 19.7. The maximum Gasteiger partial charge on any atom is 0.291 e. The first-order valence-electron chi connectivity index (χ1n) is 11.0. The van der Waals surface area contributed by atoms with Gasteiger partial charge in [0.25, 0.3) is 11.8 Å². The van der Waals surface area contributed by atoms with E-state index in [-0.39, 0.29) is 17.6 Å². The van der Waals surface area contributed by atoms with Gasteiger partial charge in [-0.1, -0.05) is 18.2 Å². The number of ether oxygens (including phenoxy) is 2. The number of anilines is 1. The van der Waals surface area contributed by atoms with E-state index in [2.05, 4.69) is 15.8 Å². The van der Waals surface area contributed by atoms with Crippen LogP contribution in [0.4, 0.5) is 5.69 Å². The Morgan fingerprint density at radius 2 is 1.74 bits per heavy atom. The molecule has 1 aliphatic rings. The van der Waals surface area contributed by atoms with Crippen molar-refractivity contribution < 1.29 is 23.5 Å². The number of nitrogens with one attached hydrogen (secondary N) is 2. The molecule has 0 aliphatic heterocycles. The molecule has 8 nitrogen and oxygen atoms in total. The molecule has 0 saturated heterocycles. The van der Waals surface area contributed by atoms with Crippen LogP contribution in [0.25, 0.3) is 0 Å². The van der Waals surface area contributed by atoms with E-state index >= 15 is 0 Å². The molecular weight excluding hydrogens is 434 g/mol. The van der Waals surface area contributed by atoms with Crippen molar-refractivity contribution in [3.63, 3.8) is 0 Å². The minimum Gasteiger partial charge on any atom is -0.496 e. The average Bonchev–Trinajstić information content (AvgIpc) is 3.19. The van der Waals surface area contributed by atoms with Gasteiger partial charge in [0, 0.05) is 17.5 Å². The average molecular weight is 462 g/mol. The molecule has 176 valence electrons. The van der Waals surface area contributed by atoms with Gasteiger partial charge in [-0.3, -0.25) is 9.59 Å². The topological polar surface area (TPSA) is 102 Å². The fraction of sp³-hybridized carbons (Fsp3) is 0.269. The summed E-state index contributed by atoms with van der Waals surface area (Å²) in [6.45, 7) is 3.77. The van der Waals surface area contributed by atoms with E-state index in [0.29, 0.717) is 52.6 Å². The van der Waals surface area contributed by atoms with Crippen molar-refractivity contribution in [1.29, 1.82) is 0 Å². The quantitative estimate of drug-likeness (QED) is 0.521. The van der Waals surface area contributed by atoms with E-state index in [1.807, 2.05) is 26.0 Å². The van der Waals surface area contributed by atoms with Gasteiger partial charge in [-0.2, -0.15) is 5.10 Å². The highest BCUT2D eigenvalue weighted by Crippen LogP contribution is 2.32. The zero-order chi connectivity index (χ0) is 24.2. The largest absolute Gasteiger partial charge is 0.496 e. The third kappa shape index (κ3) is 4.52. The summed E-state index contributed by atoms with van der Waals surface area (Å²) < 4.78 is 16.6. The molecule has 3 aromatic rings. The van der Waals surface area contributed by atoms with Crippen molar-refractivity contribution in [2.24, 2.45) is 5.10 Å². The van der Waals surface area contributed by atoms with Gasteiger partial charge in [0.05, 0.1) is 31.2 Å². The number of hydrazone groups is 1. The molecular formula is C26H27N3O5. The molecule has 1 heterocycles. The number of fused-ring (bicyclic) bond motifs is 1. The molecule has 0 bridgehead atoms. The fourth-order valence-corrected chi connectivity index (χ4v) is 4.11. The van der Waals surface area contributed by atoms with E-state index in [0.717, 1.165) is 17.5 Å². The lowest BCUT2D eigenvalue weighted by Crippen LogP contribution is -2.22. The number of hydrogen-bond acceptors (Lipinski definition) is 6. The smallest absolute Gasteiger partial charge is 0.291 e. The number of aryl methyl sites for hydroxylation is 2. The Morgan fingerprint density at radius 3 is 2.50 bits per heavy atom. The van der Waals surface area contributed by atoms with E-state index in [1.54, 1.807) is 37.4 Å². The summed E-state index contributed by atoms with van der Waals surface area (Å²) in [5, 5.41) is 7.27. The number of para-hydroxylation sites is 1. The second kappa shape index (κ2) is 9.82. The summed E-state index contributed by atoms with van der Waals surface area (Å²) >= 11 is 0. The molecule has 2 N–H and O–H groups in total. The van der Waals surface area contributed by atoms with Crippen LogP contribution in [0, 0.1) is 13.8 Å². The number of benzene rings is 2. The SMILES string of the molecule is COc1ccc(C)cc1NC(=O)c1oc2c(c1C)/C(=N/NC(=O)c1ccccc1OC)CCC2. The number of carbonyl (C=O) groups excluding carboxylic acids is 2. The van der Waals surface area contributed by atoms with Crippen molar-refractivity contribution in [1.82, 2.24) is 5.43 Å². The molecule has 1 aromatic heterocycles. The lowest BCUT2D eigenvalue weighted by Gasteiger charge is -2.14. The van der Waals surface area contributed by atoms with Crippen LogP contribution < -0.4 is 20.2 Å². The van der Waals surface area contributed by atoms with E-state index in [9.17, 15) is 9.59 Å². The molecule has 8 heteroatoms. The van der Waals surface area contributed by atoms with Crippen molar-refractivity contribution in [3.05, 3.63) is 76.2 Å². The van der Waals surface area contributed by atoms with Gasteiger partial charge in [-0.05, 0) is 56.5 Å². The summed E-state index contributed by atoms with van der Waals surface area (Å²) in [6, 6.07) is 12.5. The number of nitrogens with zero attached hydrogens (tertiary/aromatic N) is 1. The number of methoxy groups -OCH3 is 2. The molecule has 0 saturated carbocycles. The first-order valence-corrected chi connectivity index (χ1v) is 11.0. The second-order valence-corrected chi connectivity index (χ2v) is 8.07. The maximum absolute atomic E-state index is 13.1. The Labute approximate surface area is 197 Å². The number of furan rings is 1. The lowest BCUT2D eigenvalue weighted by atomic mass is 9.93. The van der Waals surface area contributed by atoms with E-state index in [4.69, 9.17) is 13.9 Å². The van der Waals surface area contributed by atoms with Crippen LogP contribution in [0.1, 0.15) is 56.2 Å². The van der Waals surface area contributed by atoms with Crippen LogP contribution >= 0.6 is 0 Å². The summed E-state index contributed by atoms with van der Waals surface area (Å²) in [6.07, 6.45) is 2.15. The Bertz CT molecular complexity index is 1280. The third-order valence-corrected chi connectivity index (χ3v) is 5.78. The highest BCUT2D eigenvalue weighted by Gasteiger charge is 2.28. The standard InChI is InChI=1S/C26H27N3O5/c1-15-12-13-21(33-4)19(14-15)27-26(31)24-16(2)23-18(9-7-11-22(23)34-24)28-29-25(30)17-8-5-6-10-20(17)32-3/h5-6,8,10,12-14H,7,9,11H2,1-4H3,(H,27,31)(H,29,30)/b28-18+. The van der Waals surface area contributed by atoms with Crippen molar-refractivity contribution in [3.8, 4) is 11.5 Å². The summed E-state index contributed by atoms with van der Waals surface area (Å²) in [4.78, 5) is 25.7. The molecule has 2 amide bonds. The number of hydrogen-bond donors (Lipinski definition) is 2.